The van der Waals surface area contributed by atoms with Crippen LogP contribution in [0.3, 0.4) is 0 Å². The lowest BCUT2D eigenvalue weighted by Crippen LogP contribution is -2.39. The number of hydrogen-bond acceptors (Lipinski definition) is 2. The van der Waals surface area contributed by atoms with Crippen LogP contribution in [-0.2, 0) is 11.3 Å². The van der Waals surface area contributed by atoms with Crippen molar-refractivity contribution in [1.29, 1.82) is 0 Å². The number of anilines is 1. The van der Waals surface area contributed by atoms with E-state index in [1.807, 2.05) is 29.2 Å². The van der Waals surface area contributed by atoms with Crippen molar-refractivity contribution >= 4 is 23.2 Å². The molecule has 158 valence electrons. The van der Waals surface area contributed by atoms with Gasteiger partial charge in [0.25, 0.3) is 0 Å². The summed E-state index contributed by atoms with van der Waals surface area (Å²) in [5, 5.41) is 0.497. The molecule has 0 saturated carbocycles. The summed E-state index contributed by atoms with van der Waals surface area (Å²) in [6.45, 7) is 5.94. The molecule has 3 nitrogen and oxygen atoms in total. The standard InChI is InChI=1S/C25H28ClFN2O/c1-4-18(3)14-25(30)28-13-12-22(17-28)29(16-20-8-6-7-9-24(20)27)21-11-10-19(5-2)23(26)15-21/h2,6-11,15,18,22H,4,12-14,16-17H2,1,3H3. The first-order valence-corrected chi connectivity index (χ1v) is 10.8. The van der Waals surface area contributed by atoms with Gasteiger partial charge in [-0.15, -0.1) is 6.42 Å². The Morgan fingerprint density at radius 3 is 2.80 bits per heavy atom. The van der Waals surface area contributed by atoms with Crippen molar-refractivity contribution in [1.82, 2.24) is 4.90 Å². The minimum absolute atomic E-state index is 0.0817. The van der Waals surface area contributed by atoms with Crippen LogP contribution in [0, 0.1) is 24.1 Å². The second-order valence-electron chi connectivity index (χ2n) is 8.03. The molecule has 0 bridgehead atoms. The van der Waals surface area contributed by atoms with Crippen molar-refractivity contribution < 1.29 is 9.18 Å². The summed E-state index contributed by atoms with van der Waals surface area (Å²) in [7, 11) is 0. The van der Waals surface area contributed by atoms with Gasteiger partial charge in [-0.1, -0.05) is 56.0 Å². The summed E-state index contributed by atoms with van der Waals surface area (Å²) < 4.78 is 14.4. The summed E-state index contributed by atoms with van der Waals surface area (Å²) in [5.41, 5.74) is 2.12. The third-order valence-corrected chi connectivity index (χ3v) is 6.23. The van der Waals surface area contributed by atoms with Crippen LogP contribution in [0.15, 0.2) is 42.5 Å². The lowest BCUT2D eigenvalue weighted by atomic mass is 10.0. The van der Waals surface area contributed by atoms with Crippen LogP contribution in [0.4, 0.5) is 10.1 Å². The zero-order chi connectivity index (χ0) is 21.7. The highest BCUT2D eigenvalue weighted by molar-refractivity contribution is 6.32. The maximum Gasteiger partial charge on any atom is 0.222 e. The van der Waals surface area contributed by atoms with Crippen molar-refractivity contribution in [3.63, 3.8) is 0 Å². The van der Waals surface area contributed by atoms with Crippen LogP contribution < -0.4 is 4.90 Å². The average molecular weight is 427 g/mol. The molecule has 0 spiro atoms. The molecule has 2 aromatic rings. The molecule has 2 aromatic carbocycles. The zero-order valence-electron chi connectivity index (χ0n) is 17.6. The molecule has 2 unspecified atom stereocenters. The van der Waals surface area contributed by atoms with E-state index in [-0.39, 0.29) is 17.8 Å². The quantitative estimate of drug-likeness (QED) is 0.545. The fourth-order valence-corrected chi connectivity index (χ4v) is 4.06. The predicted molar refractivity (Wildman–Crippen MR) is 121 cm³/mol. The van der Waals surface area contributed by atoms with Crippen LogP contribution in [0.5, 0.6) is 0 Å². The Morgan fingerprint density at radius 1 is 1.37 bits per heavy atom. The van der Waals surface area contributed by atoms with E-state index in [1.165, 1.54) is 6.07 Å². The van der Waals surface area contributed by atoms with Crippen molar-refractivity contribution in [3.8, 4) is 12.3 Å². The Bertz CT molecular complexity index is 939. The summed E-state index contributed by atoms with van der Waals surface area (Å²) >= 11 is 6.36. The van der Waals surface area contributed by atoms with Gasteiger partial charge >= 0.3 is 0 Å². The topological polar surface area (TPSA) is 23.6 Å². The largest absolute Gasteiger partial charge is 0.362 e. The first kappa shape index (κ1) is 22.2. The SMILES string of the molecule is C#Cc1ccc(N(Cc2ccccc2F)C2CCN(C(=O)CC(C)CC)C2)cc1Cl. The van der Waals surface area contributed by atoms with E-state index in [1.54, 1.807) is 12.1 Å². The summed E-state index contributed by atoms with van der Waals surface area (Å²) in [4.78, 5) is 16.7. The Morgan fingerprint density at radius 2 is 2.13 bits per heavy atom. The number of hydrogen-bond donors (Lipinski definition) is 0. The number of terminal acetylenes is 1. The Hall–Kier alpha value is -2.51. The Kier molecular flexibility index (Phi) is 7.39. The van der Waals surface area contributed by atoms with Crippen LogP contribution in [-0.4, -0.2) is 29.9 Å². The number of nitrogens with zero attached hydrogens (tertiary/aromatic N) is 2. The summed E-state index contributed by atoms with van der Waals surface area (Å²) in [6, 6.07) is 12.4. The van der Waals surface area contributed by atoms with Crippen molar-refractivity contribution in [3.05, 3.63) is 64.4 Å². The molecule has 1 saturated heterocycles. The number of benzene rings is 2. The minimum atomic E-state index is -0.239. The number of carbonyl (C=O) groups is 1. The van der Waals surface area contributed by atoms with E-state index in [9.17, 15) is 9.18 Å². The van der Waals surface area contributed by atoms with Gasteiger partial charge in [-0.25, -0.2) is 4.39 Å². The predicted octanol–water partition coefficient (Wildman–Crippen LogP) is 5.50. The maximum absolute atomic E-state index is 14.4. The molecular formula is C25H28ClFN2O. The molecule has 1 amide bonds. The van der Waals surface area contributed by atoms with Gasteiger partial charge in [0, 0.05) is 48.9 Å². The highest BCUT2D eigenvalue weighted by atomic mass is 35.5. The number of halogens is 2. The Balaban J connectivity index is 1.85. The molecule has 0 radical (unpaired) electrons. The molecule has 2 atom stereocenters. The van der Waals surface area contributed by atoms with Crippen LogP contribution in [0.1, 0.15) is 44.2 Å². The van der Waals surface area contributed by atoms with Crippen LogP contribution in [0.25, 0.3) is 0 Å². The normalized spacial score (nSPS) is 16.9. The third-order valence-electron chi connectivity index (χ3n) is 5.92. The molecule has 3 rings (SSSR count). The van der Waals surface area contributed by atoms with Gasteiger partial charge in [0.1, 0.15) is 5.82 Å². The average Bonchev–Trinajstić information content (AvgIpc) is 3.23. The van der Waals surface area contributed by atoms with E-state index >= 15 is 0 Å². The van der Waals surface area contributed by atoms with E-state index in [0.29, 0.717) is 48.1 Å². The smallest absolute Gasteiger partial charge is 0.222 e. The molecular weight excluding hydrogens is 399 g/mol. The fraction of sp³-hybridized carbons (Fsp3) is 0.400. The number of amides is 1. The second kappa shape index (κ2) is 10.00. The minimum Gasteiger partial charge on any atom is -0.362 e. The van der Waals surface area contributed by atoms with E-state index in [4.69, 9.17) is 18.0 Å². The summed E-state index contributed by atoms with van der Waals surface area (Å²) in [5.74, 6) is 2.90. The van der Waals surface area contributed by atoms with Gasteiger partial charge in [0.15, 0.2) is 0 Å². The van der Waals surface area contributed by atoms with Gasteiger partial charge in [-0.2, -0.15) is 0 Å². The lowest BCUT2D eigenvalue weighted by Gasteiger charge is -2.32. The van der Waals surface area contributed by atoms with Crippen molar-refractivity contribution in [2.24, 2.45) is 5.92 Å². The maximum atomic E-state index is 14.4. The molecule has 5 heteroatoms. The molecule has 0 aliphatic carbocycles. The van der Waals surface area contributed by atoms with Gasteiger partial charge in [0.2, 0.25) is 5.91 Å². The highest BCUT2D eigenvalue weighted by Crippen LogP contribution is 2.30. The first-order valence-electron chi connectivity index (χ1n) is 10.5. The molecule has 0 aromatic heterocycles. The molecule has 1 heterocycles. The van der Waals surface area contributed by atoms with E-state index in [2.05, 4.69) is 24.7 Å². The van der Waals surface area contributed by atoms with Gasteiger partial charge < -0.3 is 9.80 Å². The second-order valence-corrected chi connectivity index (χ2v) is 8.43. The zero-order valence-corrected chi connectivity index (χ0v) is 18.3. The Labute approximate surface area is 183 Å². The van der Waals surface area contributed by atoms with Gasteiger partial charge in [-0.3, -0.25) is 4.79 Å². The van der Waals surface area contributed by atoms with Gasteiger partial charge in [0.05, 0.1) is 5.02 Å². The summed E-state index contributed by atoms with van der Waals surface area (Å²) in [6.07, 6.45) is 7.89. The van der Waals surface area contributed by atoms with Crippen molar-refractivity contribution in [2.45, 2.75) is 45.7 Å². The fourth-order valence-electron chi connectivity index (χ4n) is 3.84. The van der Waals surface area contributed by atoms with E-state index in [0.717, 1.165) is 18.5 Å². The van der Waals surface area contributed by atoms with Crippen molar-refractivity contribution in [2.75, 3.05) is 18.0 Å². The molecule has 0 N–H and O–H groups in total. The molecule has 30 heavy (non-hydrogen) atoms. The highest BCUT2D eigenvalue weighted by Gasteiger charge is 2.31. The lowest BCUT2D eigenvalue weighted by molar-refractivity contribution is -0.131. The molecule has 1 aliphatic rings. The first-order chi connectivity index (χ1) is 14.4. The number of likely N-dealkylation sites (tertiary alicyclic amines) is 1. The molecule has 1 aliphatic heterocycles. The number of carbonyl (C=O) groups excluding carboxylic acids is 1. The van der Waals surface area contributed by atoms with Crippen LogP contribution >= 0.6 is 11.6 Å². The third kappa shape index (κ3) is 5.15. The monoisotopic (exact) mass is 426 g/mol. The molecule has 1 fully saturated rings. The van der Waals surface area contributed by atoms with Crippen LogP contribution in [0.2, 0.25) is 5.02 Å². The van der Waals surface area contributed by atoms with Gasteiger partial charge in [-0.05, 0) is 36.6 Å². The van der Waals surface area contributed by atoms with E-state index < -0.39 is 0 Å². The number of rotatable bonds is 7.